The van der Waals surface area contributed by atoms with Crippen LogP contribution >= 0.6 is 11.8 Å². The summed E-state index contributed by atoms with van der Waals surface area (Å²) in [7, 11) is 0. The second kappa shape index (κ2) is 3.16. The van der Waals surface area contributed by atoms with E-state index in [1.807, 2.05) is 0 Å². The van der Waals surface area contributed by atoms with E-state index in [-0.39, 0.29) is 5.25 Å². The summed E-state index contributed by atoms with van der Waals surface area (Å²) in [6.07, 6.45) is 0.734. The Kier molecular flexibility index (Phi) is 2.13. The van der Waals surface area contributed by atoms with E-state index in [0.717, 1.165) is 12.0 Å². The third-order valence-corrected chi connectivity index (χ3v) is 3.37. The molecule has 1 fully saturated rings. The van der Waals surface area contributed by atoms with Crippen LogP contribution in [0.15, 0.2) is 11.1 Å². The van der Waals surface area contributed by atoms with Crippen LogP contribution < -0.4 is 5.73 Å². The Morgan fingerprint density at radius 1 is 1.69 bits per heavy atom. The third kappa shape index (κ3) is 1.38. The van der Waals surface area contributed by atoms with Gasteiger partial charge in [0, 0.05) is 0 Å². The fourth-order valence-corrected chi connectivity index (χ4v) is 2.82. The molecule has 70 valence electrons. The summed E-state index contributed by atoms with van der Waals surface area (Å²) in [6, 6.07) is 0. The molecule has 2 heterocycles. The maximum Gasteiger partial charge on any atom is 0.251 e. The molecule has 13 heavy (non-hydrogen) atoms. The molecule has 5 heteroatoms. The van der Waals surface area contributed by atoms with Gasteiger partial charge in [-0.2, -0.15) is 0 Å². The molecule has 0 unspecified atom stereocenters. The van der Waals surface area contributed by atoms with Gasteiger partial charge in [-0.25, -0.2) is 0 Å². The first-order chi connectivity index (χ1) is 6.20. The van der Waals surface area contributed by atoms with Crippen molar-refractivity contribution in [1.29, 1.82) is 5.41 Å². The molecule has 2 aliphatic rings. The number of ether oxygens (including phenoxy) is 1. The summed E-state index contributed by atoms with van der Waals surface area (Å²) in [4.78, 5) is 11.0. The number of fused-ring (bicyclic) bond motifs is 1. The zero-order valence-corrected chi connectivity index (χ0v) is 7.82. The number of carbonyl (C=O) groups is 1. The molecule has 0 saturated carbocycles. The molecule has 4 nitrogen and oxygen atoms in total. The zero-order chi connectivity index (χ0) is 9.42. The number of carbonyl (C=O) groups excluding carboxylic acids is 1. The molecule has 0 aromatic carbocycles. The number of nitrogens with one attached hydrogen (secondary N) is 1. The summed E-state index contributed by atoms with van der Waals surface area (Å²) >= 11 is 1.37. The van der Waals surface area contributed by atoms with Crippen LogP contribution in [-0.2, 0) is 9.53 Å². The van der Waals surface area contributed by atoms with Gasteiger partial charge in [0.15, 0.2) is 0 Å². The van der Waals surface area contributed by atoms with E-state index in [1.54, 1.807) is 0 Å². The van der Waals surface area contributed by atoms with Crippen molar-refractivity contribution in [3.8, 4) is 0 Å². The molecule has 0 bridgehead atoms. The van der Waals surface area contributed by atoms with Crippen LogP contribution in [0.5, 0.6) is 0 Å². The second-order valence-corrected chi connectivity index (χ2v) is 4.24. The van der Waals surface area contributed by atoms with Gasteiger partial charge in [0.1, 0.15) is 5.04 Å². The molecular formula is C8H10N2O2S. The van der Waals surface area contributed by atoms with Crippen LogP contribution in [0.25, 0.3) is 0 Å². The van der Waals surface area contributed by atoms with E-state index < -0.39 is 5.91 Å². The number of primary amides is 1. The maximum absolute atomic E-state index is 11.0. The highest BCUT2D eigenvalue weighted by atomic mass is 32.2. The fourth-order valence-electron chi connectivity index (χ4n) is 1.64. The Morgan fingerprint density at radius 3 is 3.15 bits per heavy atom. The summed E-state index contributed by atoms with van der Waals surface area (Å²) in [5.41, 5.74) is 6.64. The Balaban J connectivity index is 2.37. The van der Waals surface area contributed by atoms with Gasteiger partial charge in [-0.05, 0) is 12.0 Å². The Morgan fingerprint density at radius 2 is 2.46 bits per heavy atom. The van der Waals surface area contributed by atoms with Crippen LogP contribution in [0.3, 0.4) is 0 Å². The molecule has 1 atom stereocenters. The lowest BCUT2D eigenvalue weighted by Gasteiger charge is -2.19. The number of rotatable bonds is 1. The first-order valence-electron chi connectivity index (χ1n) is 4.06. The number of amides is 1. The highest BCUT2D eigenvalue weighted by Gasteiger charge is 2.35. The third-order valence-electron chi connectivity index (χ3n) is 2.23. The van der Waals surface area contributed by atoms with Crippen molar-refractivity contribution in [2.24, 2.45) is 5.73 Å². The van der Waals surface area contributed by atoms with Crippen molar-refractivity contribution < 1.29 is 9.53 Å². The van der Waals surface area contributed by atoms with Gasteiger partial charge < -0.3 is 10.5 Å². The molecule has 0 radical (unpaired) electrons. The predicted molar refractivity (Wildman–Crippen MR) is 50.8 cm³/mol. The molecule has 0 aliphatic carbocycles. The lowest BCUT2D eigenvalue weighted by Crippen LogP contribution is -2.23. The minimum absolute atomic E-state index is 0.156. The van der Waals surface area contributed by atoms with Gasteiger partial charge >= 0.3 is 0 Å². The maximum atomic E-state index is 11.0. The van der Waals surface area contributed by atoms with Crippen molar-refractivity contribution in [2.45, 2.75) is 11.7 Å². The molecule has 1 amide bonds. The zero-order valence-electron chi connectivity index (χ0n) is 7.00. The Bertz CT molecular complexity index is 311. The summed E-state index contributed by atoms with van der Waals surface area (Å²) in [5, 5.41) is 8.04. The van der Waals surface area contributed by atoms with E-state index in [1.165, 1.54) is 11.8 Å². The average Bonchev–Trinajstić information content (AvgIpc) is 2.39. The van der Waals surface area contributed by atoms with Crippen molar-refractivity contribution >= 4 is 22.7 Å². The van der Waals surface area contributed by atoms with E-state index in [0.29, 0.717) is 23.8 Å². The first-order valence-corrected chi connectivity index (χ1v) is 4.94. The van der Waals surface area contributed by atoms with Crippen LogP contribution in [-0.4, -0.2) is 29.4 Å². The van der Waals surface area contributed by atoms with Gasteiger partial charge in [0.2, 0.25) is 0 Å². The van der Waals surface area contributed by atoms with Crippen molar-refractivity contribution in [3.05, 3.63) is 11.1 Å². The van der Waals surface area contributed by atoms with Gasteiger partial charge in [-0.1, -0.05) is 11.8 Å². The van der Waals surface area contributed by atoms with Crippen LogP contribution in [0.2, 0.25) is 0 Å². The average molecular weight is 198 g/mol. The molecule has 0 aromatic rings. The van der Waals surface area contributed by atoms with Gasteiger partial charge in [0.25, 0.3) is 5.91 Å². The molecule has 1 saturated heterocycles. The van der Waals surface area contributed by atoms with Gasteiger partial charge in [-0.3, -0.25) is 10.2 Å². The molecular weight excluding hydrogens is 188 g/mol. The van der Waals surface area contributed by atoms with Crippen LogP contribution in [0.1, 0.15) is 6.42 Å². The molecule has 0 spiro atoms. The number of hydrogen-bond donors (Lipinski definition) is 2. The highest BCUT2D eigenvalue weighted by Crippen LogP contribution is 2.38. The van der Waals surface area contributed by atoms with Crippen LogP contribution in [0.4, 0.5) is 0 Å². The van der Waals surface area contributed by atoms with Crippen molar-refractivity contribution in [2.75, 3.05) is 13.2 Å². The minimum atomic E-state index is -0.475. The second-order valence-electron chi connectivity index (χ2n) is 3.03. The van der Waals surface area contributed by atoms with E-state index in [4.69, 9.17) is 15.9 Å². The largest absolute Gasteiger partial charge is 0.380 e. The summed E-state index contributed by atoms with van der Waals surface area (Å²) < 4.78 is 5.26. The molecule has 3 N–H and O–H groups in total. The van der Waals surface area contributed by atoms with Gasteiger partial charge in [-0.15, -0.1) is 0 Å². The number of thioether (sulfide) groups is 1. The smallest absolute Gasteiger partial charge is 0.251 e. The van der Waals surface area contributed by atoms with Crippen LogP contribution in [0, 0.1) is 5.41 Å². The number of hydrogen-bond acceptors (Lipinski definition) is 4. The summed E-state index contributed by atoms with van der Waals surface area (Å²) in [6.45, 7) is 1.23. The monoisotopic (exact) mass is 198 g/mol. The van der Waals surface area contributed by atoms with Crippen molar-refractivity contribution in [1.82, 2.24) is 0 Å². The van der Waals surface area contributed by atoms with E-state index in [9.17, 15) is 4.79 Å². The predicted octanol–water partition coefficient (Wildman–Crippen LogP) is 0.281. The fraction of sp³-hybridized carbons (Fsp3) is 0.500. The minimum Gasteiger partial charge on any atom is -0.380 e. The Hall–Kier alpha value is -0.810. The van der Waals surface area contributed by atoms with Crippen molar-refractivity contribution in [3.63, 3.8) is 0 Å². The Labute approximate surface area is 80.0 Å². The van der Waals surface area contributed by atoms with E-state index in [2.05, 4.69) is 0 Å². The summed E-state index contributed by atoms with van der Waals surface area (Å²) in [5.74, 6) is -0.475. The first kappa shape index (κ1) is 8.77. The molecule has 0 aromatic heterocycles. The standard InChI is InChI=1S/C8H10N2O2S/c9-7(11)6-4-1-2-12-3-5(4)13-8(6)10/h5,10H,1-3H2,(H2,9,11)/t5-/m0/s1. The lowest BCUT2D eigenvalue weighted by atomic mass is 10.0. The number of nitrogens with two attached hydrogens (primary N) is 1. The van der Waals surface area contributed by atoms with E-state index >= 15 is 0 Å². The molecule has 2 aliphatic heterocycles. The molecule has 2 rings (SSSR count). The van der Waals surface area contributed by atoms with Gasteiger partial charge in [0.05, 0.1) is 24.0 Å². The topological polar surface area (TPSA) is 76.2 Å². The SMILES string of the molecule is N=C1S[C@H]2COCCC2=C1C(N)=O. The normalized spacial score (nSPS) is 27.7. The highest BCUT2D eigenvalue weighted by molar-refractivity contribution is 8.15. The lowest BCUT2D eigenvalue weighted by molar-refractivity contribution is -0.114. The quantitative estimate of drug-likeness (QED) is 0.635.